The van der Waals surface area contributed by atoms with Gasteiger partial charge in [-0.1, -0.05) is 48.0 Å². The summed E-state index contributed by atoms with van der Waals surface area (Å²) in [7, 11) is -2.63. The number of hydrogen-bond donors (Lipinski definition) is 1. The fraction of sp³-hybridized carbons (Fsp3) is 0.0714. The van der Waals surface area contributed by atoms with Crippen LogP contribution in [-0.2, 0) is 30.0 Å². The molecule has 2 aromatic rings. The normalized spacial score (nSPS) is 8.62. The van der Waals surface area contributed by atoms with E-state index in [-0.39, 0.29) is 30.7 Å². The molecule has 0 heterocycles. The number of carbonyl (C=O) groups is 1. The van der Waals surface area contributed by atoms with Crippen LogP contribution in [0.15, 0.2) is 59.0 Å². The zero-order chi connectivity index (χ0) is 15.0. The Kier molecular flexibility index (Phi) is 9.09. The van der Waals surface area contributed by atoms with Crippen molar-refractivity contribution >= 4 is 22.2 Å². The number of benzene rings is 2. The van der Waals surface area contributed by atoms with Crippen LogP contribution in [0.4, 0.5) is 5.69 Å². The van der Waals surface area contributed by atoms with Gasteiger partial charge in [-0.2, -0.15) is 8.42 Å². The summed E-state index contributed by atoms with van der Waals surface area (Å²) in [6.07, 6.45) is 0. The van der Waals surface area contributed by atoms with Crippen LogP contribution in [-0.4, -0.2) is 19.5 Å². The maximum atomic E-state index is 10.5. The zero-order valence-electron chi connectivity index (χ0n) is 11.4. The Morgan fingerprint density at radius 1 is 1.00 bits per heavy atom. The van der Waals surface area contributed by atoms with Crippen molar-refractivity contribution < 1.29 is 37.8 Å². The number of aryl methyl sites for hydroxylation is 1. The standard InChI is InChI=1S/C7H5NO4S.C7H8.Zn/c9-7(10)5-3-1-2-4-6(5)8-13(11)12;1-7-5-3-2-4-6-7;/h1-4H,(H,9,10);2-6H,1H3;. The number of carboxylic acid groups (broad SMARTS) is 1. The van der Waals surface area contributed by atoms with Crippen molar-refractivity contribution in [1.82, 2.24) is 0 Å². The minimum Gasteiger partial charge on any atom is -0.478 e. The van der Waals surface area contributed by atoms with Gasteiger partial charge in [0.2, 0.25) is 0 Å². The predicted molar refractivity (Wildman–Crippen MR) is 75.6 cm³/mol. The first-order valence-corrected chi connectivity index (χ1v) is 6.69. The van der Waals surface area contributed by atoms with Crippen LogP contribution < -0.4 is 0 Å². The summed E-state index contributed by atoms with van der Waals surface area (Å²) >= 11 is 0. The second-order valence-electron chi connectivity index (χ2n) is 3.79. The molecule has 0 aliphatic heterocycles. The predicted octanol–water partition coefficient (Wildman–Crippen LogP) is 3.07. The monoisotopic (exact) mass is 355 g/mol. The Morgan fingerprint density at radius 3 is 1.95 bits per heavy atom. The Hall–Kier alpha value is -1.85. The van der Waals surface area contributed by atoms with Gasteiger partial charge in [-0.25, -0.2) is 4.79 Å². The molecule has 2 rings (SSSR count). The number of carboxylic acids is 1. The van der Waals surface area contributed by atoms with Gasteiger partial charge in [-0.05, 0) is 19.1 Å². The fourth-order valence-corrected chi connectivity index (χ4v) is 1.67. The van der Waals surface area contributed by atoms with Crippen LogP contribution in [0.25, 0.3) is 0 Å². The van der Waals surface area contributed by atoms with Crippen molar-refractivity contribution in [3.05, 3.63) is 65.7 Å². The molecule has 0 saturated carbocycles. The largest absolute Gasteiger partial charge is 0.478 e. The molecule has 0 radical (unpaired) electrons. The van der Waals surface area contributed by atoms with E-state index >= 15 is 0 Å². The number of hydrogen-bond acceptors (Lipinski definition) is 4. The minimum absolute atomic E-state index is 0. The molecule has 0 bridgehead atoms. The van der Waals surface area contributed by atoms with Gasteiger partial charge in [0.15, 0.2) is 0 Å². The average Bonchev–Trinajstić information content (AvgIpc) is 2.40. The third kappa shape index (κ3) is 7.49. The Labute approximate surface area is 137 Å². The van der Waals surface area contributed by atoms with Gasteiger partial charge < -0.3 is 5.11 Å². The van der Waals surface area contributed by atoms with Crippen molar-refractivity contribution in [2.24, 2.45) is 4.36 Å². The molecule has 0 aliphatic rings. The molecule has 0 saturated heterocycles. The summed E-state index contributed by atoms with van der Waals surface area (Å²) < 4.78 is 23.5. The number of aromatic carboxylic acids is 1. The van der Waals surface area contributed by atoms with E-state index in [0.29, 0.717) is 0 Å². The average molecular weight is 357 g/mol. The summed E-state index contributed by atoms with van der Waals surface area (Å²) in [5.74, 6) is -1.20. The summed E-state index contributed by atoms with van der Waals surface area (Å²) in [6, 6.07) is 15.9. The zero-order valence-corrected chi connectivity index (χ0v) is 15.2. The quantitative estimate of drug-likeness (QED) is 0.838. The SMILES string of the molecule is Cc1ccccc1.O=C(O)c1ccccc1N=S(=O)=O.[Zn]. The Morgan fingerprint density at radius 2 is 1.52 bits per heavy atom. The maximum Gasteiger partial charge on any atom is 0.337 e. The third-order valence-electron chi connectivity index (χ3n) is 2.25. The van der Waals surface area contributed by atoms with E-state index in [0.717, 1.165) is 0 Å². The van der Waals surface area contributed by atoms with Crippen LogP contribution in [0.3, 0.4) is 0 Å². The molecule has 7 heteroatoms. The summed E-state index contributed by atoms with van der Waals surface area (Å²) in [6.45, 7) is 2.08. The molecule has 1 N–H and O–H groups in total. The van der Waals surface area contributed by atoms with Gasteiger partial charge in [-0.15, -0.1) is 4.36 Å². The maximum absolute atomic E-state index is 10.5. The molecule has 0 amide bonds. The van der Waals surface area contributed by atoms with E-state index in [1.165, 1.54) is 29.8 Å². The van der Waals surface area contributed by atoms with Crippen molar-refractivity contribution in [1.29, 1.82) is 0 Å². The van der Waals surface area contributed by atoms with E-state index in [1.807, 2.05) is 18.2 Å². The van der Waals surface area contributed by atoms with Crippen molar-refractivity contribution in [2.45, 2.75) is 6.92 Å². The van der Waals surface area contributed by atoms with E-state index in [4.69, 9.17) is 5.11 Å². The summed E-state index contributed by atoms with van der Waals surface area (Å²) in [5.41, 5.74) is 1.12. The molecule has 2 aromatic carbocycles. The summed E-state index contributed by atoms with van der Waals surface area (Å²) in [4.78, 5) is 10.5. The van der Waals surface area contributed by atoms with Crippen molar-refractivity contribution in [2.75, 3.05) is 0 Å². The van der Waals surface area contributed by atoms with Gasteiger partial charge in [0.25, 0.3) is 0 Å². The first-order valence-electron chi connectivity index (χ1n) is 5.66. The van der Waals surface area contributed by atoms with Gasteiger partial charge in [-0.3, -0.25) is 0 Å². The van der Waals surface area contributed by atoms with E-state index in [2.05, 4.69) is 23.4 Å². The Bertz CT molecular complexity index is 707. The van der Waals surface area contributed by atoms with Crippen LogP contribution in [0.5, 0.6) is 0 Å². The number of rotatable bonds is 2. The molecule has 106 valence electrons. The smallest absolute Gasteiger partial charge is 0.337 e. The van der Waals surface area contributed by atoms with Gasteiger partial charge >= 0.3 is 16.5 Å². The Balaban J connectivity index is 0.000000425. The number of nitrogens with zero attached hydrogens (tertiary/aromatic N) is 1. The molecule has 0 atom stereocenters. The molecular formula is C14H13NO4SZn. The molecule has 21 heavy (non-hydrogen) atoms. The minimum atomic E-state index is -2.63. The van der Waals surface area contributed by atoms with Gasteiger partial charge in [0.1, 0.15) is 0 Å². The van der Waals surface area contributed by atoms with Crippen LogP contribution in [0.1, 0.15) is 15.9 Å². The second kappa shape index (κ2) is 9.96. The van der Waals surface area contributed by atoms with Crippen LogP contribution in [0.2, 0.25) is 0 Å². The van der Waals surface area contributed by atoms with Gasteiger partial charge in [0.05, 0.1) is 11.3 Å². The van der Waals surface area contributed by atoms with Crippen molar-refractivity contribution in [3.63, 3.8) is 0 Å². The molecule has 0 fully saturated rings. The first kappa shape index (κ1) is 19.2. The van der Waals surface area contributed by atoms with Crippen LogP contribution >= 0.6 is 0 Å². The van der Waals surface area contributed by atoms with E-state index < -0.39 is 16.5 Å². The molecular weight excluding hydrogens is 344 g/mol. The molecule has 0 aromatic heterocycles. The second-order valence-corrected chi connectivity index (χ2v) is 4.40. The summed E-state index contributed by atoms with van der Waals surface area (Å²) in [5, 5.41) is 8.62. The molecule has 0 aliphatic carbocycles. The van der Waals surface area contributed by atoms with Gasteiger partial charge in [0, 0.05) is 19.5 Å². The first-order chi connectivity index (χ1) is 9.50. The van der Waals surface area contributed by atoms with E-state index in [1.54, 1.807) is 0 Å². The molecule has 5 nitrogen and oxygen atoms in total. The topological polar surface area (TPSA) is 83.8 Å². The fourth-order valence-electron chi connectivity index (χ4n) is 1.35. The van der Waals surface area contributed by atoms with E-state index in [9.17, 15) is 13.2 Å². The molecule has 0 unspecified atom stereocenters. The third-order valence-corrected chi connectivity index (χ3v) is 2.59. The molecule has 0 spiro atoms. The van der Waals surface area contributed by atoms with Crippen molar-refractivity contribution in [3.8, 4) is 0 Å². The van der Waals surface area contributed by atoms with Crippen LogP contribution in [0, 0.1) is 6.92 Å².